The second-order valence-corrected chi connectivity index (χ2v) is 6.96. The summed E-state index contributed by atoms with van der Waals surface area (Å²) in [5.74, 6) is -0.277. The number of nitrogens with zero attached hydrogens (tertiary/aromatic N) is 3. The second-order valence-electron chi connectivity index (χ2n) is 5.11. The first-order valence-electron chi connectivity index (χ1n) is 6.90. The molecule has 0 unspecified atom stereocenters. The molecular formula is C16H11BrN4OS. The fourth-order valence-corrected chi connectivity index (χ4v) is 4.03. The van der Waals surface area contributed by atoms with Gasteiger partial charge >= 0.3 is 0 Å². The van der Waals surface area contributed by atoms with Crippen LogP contribution in [0.25, 0.3) is 21.0 Å². The molecular weight excluding hydrogens is 376 g/mol. The van der Waals surface area contributed by atoms with Gasteiger partial charge in [0, 0.05) is 18.6 Å². The summed E-state index contributed by atoms with van der Waals surface area (Å²) in [4.78, 5) is 16.8. The molecule has 0 saturated carbocycles. The van der Waals surface area contributed by atoms with E-state index in [4.69, 9.17) is 0 Å². The van der Waals surface area contributed by atoms with Gasteiger partial charge in [-0.15, -0.1) is 0 Å². The van der Waals surface area contributed by atoms with Crippen LogP contribution in [-0.2, 0) is 7.05 Å². The van der Waals surface area contributed by atoms with Crippen LogP contribution in [0, 0.1) is 0 Å². The van der Waals surface area contributed by atoms with Crippen LogP contribution >= 0.6 is 27.3 Å². The van der Waals surface area contributed by atoms with Crippen LogP contribution < -0.4 is 5.32 Å². The van der Waals surface area contributed by atoms with Crippen LogP contribution in [0.15, 0.2) is 47.1 Å². The van der Waals surface area contributed by atoms with E-state index in [-0.39, 0.29) is 5.91 Å². The van der Waals surface area contributed by atoms with Crippen molar-refractivity contribution >= 4 is 59.3 Å². The molecule has 0 aliphatic carbocycles. The Hall–Kier alpha value is -2.25. The molecule has 0 aliphatic rings. The Morgan fingerprint density at radius 1 is 1.26 bits per heavy atom. The highest BCUT2D eigenvalue weighted by molar-refractivity contribution is 9.10. The van der Waals surface area contributed by atoms with Gasteiger partial charge in [-0.2, -0.15) is 5.10 Å². The van der Waals surface area contributed by atoms with Crippen molar-refractivity contribution < 1.29 is 4.79 Å². The summed E-state index contributed by atoms with van der Waals surface area (Å²) in [6.07, 6.45) is 1.74. The van der Waals surface area contributed by atoms with Gasteiger partial charge in [-0.1, -0.05) is 41.7 Å². The zero-order valence-corrected chi connectivity index (χ0v) is 14.5. The highest BCUT2D eigenvalue weighted by Crippen LogP contribution is 2.32. The maximum absolute atomic E-state index is 12.3. The molecule has 0 saturated heterocycles. The summed E-state index contributed by atoms with van der Waals surface area (Å²) in [6, 6.07) is 12.2. The van der Waals surface area contributed by atoms with Gasteiger partial charge in [0.1, 0.15) is 0 Å². The molecule has 2 aromatic carbocycles. The fraction of sp³-hybridized carbons (Fsp3) is 0.0625. The lowest BCUT2D eigenvalue weighted by atomic mass is 10.1. The monoisotopic (exact) mass is 386 g/mol. The van der Waals surface area contributed by atoms with E-state index in [0.29, 0.717) is 15.3 Å². The molecule has 0 fully saturated rings. The first-order chi connectivity index (χ1) is 11.1. The molecule has 0 aliphatic heterocycles. The van der Waals surface area contributed by atoms with Gasteiger partial charge in [-0.25, -0.2) is 4.98 Å². The number of halogens is 1. The van der Waals surface area contributed by atoms with E-state index in [1.165, 1.54) is 11.3 Å². The molecule has 0 atom stereocenters. The number of aromatic nitrogens is 3. The zero-order valence-electron chi connectivity index (χ0n) is 12.1. The number of carbonyl (C=O) groups excluding carboxylic acids is 1. The van der Waals surface area contributed by atoms with Crippen molar-refractivity contribution in [2.45, 2.75) is 0 Å². The minimum absolute atomic E-state index is 0.277. The first-order valence-corrected chi connectivity index (χ1v) is 8.51. The van der Waals surface area contributed by atoms with Gasteiger partial charge in [0.2, 0.25) is 0 Å². The Morgan fingerprint density at radius 3 is 2.87 bits per heavy atom. The van der Waals surface area contributed by atoms with Crippen LogP contribution in [-0.4, -0.2) is 20.7 Å². The van der Waals surface area contributed by atoms with Crippen molar-refractivity contribution in [1.29, 1.82) is 0 Å². The standard InChI is InChI=1S/C16H11BrN4OS/c1-21-8-11(17)13(20-21)15(22)19-16-18-12-7-6-9-4-2-3-5-10(9)14(12)23-16/h2-8H,1H3,(H,18,19,22). The normalized spacial score (nSPS) is 11.2. The lowest BCUT2D eigenvalue weighted by molar-refractivity contribution is 0.102. The number of thiazole rings is 1. The highest BCUT2D eigenvalue weighted by Gasteiger charge is 2.16. The molecule has 2 heterocycles. The number of hydrogen-bond donors (Lipinski definition) is 1. The van der Waals surface area contributed by atoms with E-state index in [2.05, 4.69) is 43.5 Å². The van der Waals surface area contributed by atoms with Gasteiger partial charge in [0.05, 0.1) is 14.7 Å². The molecule has 114 valence electrons. The van der Waals surface area contributed by atoms with Gasteiger partial charge in [-0.05, 0) is 27.4 Å². The van der Waals surface area contributed by atoms with E-state index in [0.717, 1.165) is 21.0 Å². The van der Waals surface area contributed by atoms with Crippen LogP contribution in [0.1, 0.15) is 10.5 Å². The number of fused-ring (bicyclic) bond motifs is 3. The Kier molecular flexibility index (Phi) is 3.39. The topological polar surface area (TPSA) is 59.8 Å². The van der Waals surface area contributed by atoms with Crippen LogP contribution in [0.2, 0.25) is 0 Å². The van der Waals surface area contributed by atoms with Crippen molar-refractivity contribution in [2.24, 2.45) is 7.05 Å². The molecule has 1 amide bonds. The molecule has 5 nitrogen and oxygen atoms in total. The first kappa shape index (κ1) is 14.3. The summed E-state index contributed by atoms with van der Waals surface area (Å²) >= 11 is 4.81. The van der Waals surface area contributed by atoms with Crippen molar-refractivity contribution in [2.75, 3.05) is 5.32 Å². The predicted octanol–water partition coefficient (Wildman–Crippen LogP) is 4.20. The third-order valence-electron chi connectivity index (χ3n) is 3.50. The Morgan fingerprint density at radius 2 is 2.09 bits per heavy atom. The number of nitrogens with one attached hydrogen (secondary N) is 1. The molecule has 1 N–H and O–H groups in total. The summed E-state index contributed by atoms with van der Waals surface area (Å²) < 4.78 is 3.31. The van der Waals surface area contributed by atoms with Crippen molar-refractivity contribution in [3.05, 3.63) is 52.8 Å². The molecule has 2 aromatic heterocycles. The number of anilines is 1. The SMILES string of the molecule is Cn1cc(Br)c(C(=O)Nc2nc3ccc4ccccc4c3s2)n1. The third kappa shape index (κ3) is 2.51. The number of benzene rings is 2. The summed E-state index contributed by atoms with van der Waals surface area (Å²) in [5.41, 5.74) is 1.22. The van der Waals surface area contributed by atoms with Crippen molar-refractivity contribution in [1.82, 2.24) is 14.8 Å². The number of rotatable bonds is 2. The van der Waals surface area contributed by atoms with Crippen molar-refractivity contribution in [3.63, 3.8) is 0 Å². The average molecular weight is 387 g/mol. The summed E-state index contributed by atoms with van der Waals surface area (Å²) in [5, 5.41) is 9.84. The van der Waals surface area contributed by atoms with Crippen molar-refractivity contribution in [3.8, 4) is 0 Å². The van der Waals surface area contributed by atoms with Gasteiger partial charge in [0.25, 0.3) is 5.91 Å². The lowest BCUT2D eigenvalue weighted by Gasteiger charge is -1.98. The Labute approximate surface area is 144 Å². The van der Waals surface area contributed by atoms with E-state index in [1.807, 2.05) is 24.3 Å². The largest absolute Gasteiger partial charge is 0.296 e. The second kappa shape index (κ2) is 5.43. The van der Waals surface area contributed by atoms with E-state index in [9.17, 15) is 4.79 Å². The highest BCUT2D eigenvalue weighted by atomic mass is 79.9. The molecule has 7 heteroatoms. The molecule has 4 rings (SSSR count). The maximum atomic E-state index is 12.3. The fourth-order valence-electron chi connectivity index (χ4n) is 2.48. The van der Waals surface area contributed by atoms with E-state index >= 15 is 0 Å². The lowest BCUT2D eigenvalue weighted by Crippen LogP contribution is -2.13. The average Bonchev–Trinajstić information content (AvgIpc) is 3.09. The summed E-state index contributed by atoms with van der Waals surface area (Å²) in [7, 11) is 1.77. The maximum Gasteiger partial charge on any atom is 0.279 e. The quantitative estimate of drug-likeness (QED) is 0.561. The predicted molar refractivity (Wildman–Crippen MR) is 96.0 cm³/mol. The zero-order chi connectivity index (χ0) is 16.0. The minimum Gasteiger partial charge on any atom is -0.296 e. The van der Waals surface area contributed by atoms with Crippen LogP contribution in [0.5, 0.6) is 0 Å². The Bertz CT molecular complexity index is 1050. The molecule has 0 radical (unpaired) electrons. The Balaban J connectivity index is 1.73. The van der Waals surface area contributed by atoms with Gasteiger partial charge < -0.3 is 0 Å². The van der Waals surface area contributed by atoms with E-state index in [1.54, 1.807) is 17.9 Å². The van der Waals surface area contributed by atoms with Crippen LogP contribution in [0.4, 0.5) is 5.13 Å². The molecule has 23 heavy (non-hydrogen) atoms. The molecule has 0 spiro atoms. The number of hydrogen-bond acceptors (Lipinski definition) is 4. The number of aryl methyl sites for hydroxylation is 1. The molecule has 0 bridgehead atoms. The van der Waals surface area contributed by atoms with Gasteiger partial charge in [0.15, 0.2) is 10.8 Å². The molecule has 4 aromatic rings. The number of amides is 1. The minimum atomic E-state index is -0.277. The number of carbonyl (C=O) groups is 1. The smallest absolute Gasteiger partial charge is 0.279 e. The van der Waals surface area contributed by atoms with Gasteiger partial charge in [-0.3, -0.25) is 14.8 Å². The third-order valence-corrected chi connectivity index (χ3v) is 5.10. The van der Waals surface area contributed by atoms with E-state index < -0.39 is 0 Å². The summed E-state index contributed by atoms with van der Waals surface area (Å²) in [6.45, 7) is 0. The van der Waals surface area contributed by atoms with Crippen LogP contribution in [0.3, 0.4) is 0 Å².